The molecule has 0 saturated heterocycles. The van der Waals surface area contributed by atoms with Crippen molar-refractivity contribution in [1.29, 1.82) is 0 Å². The second-order valence-electron chi connectivity index (χ2n) is 4.43. The maximum atomic E-state index is 5.88. The fraction of sp³-hybridized carbons (Fsp3) is 0.571. The molecule has 0 bridgehead atoms. The lowest BCUT2D eigenvalue weighted by Crippen LogP contribution is -2.28. The number of rotatable bonds is 7. The first-order valence-electron chi connectivity index (χ1n) is 6.07. The highest BCUT2D eigenvalue weighted by Gasteiger charge is 2.08. The third-order valence-electron chi connectivity index (χ3n) is 2.72. The second kappa shape index (κ2) is 7.30. The third kappa shape index (κ3) is 5.20. The van der Waals surface area contributed by atoms with Crippen molar-refractivity contribution >= 4 is 0 Å². The minimum absolute atomic E-state index is 0.204. The maximum absolute atomic E-state index is 5.88. The lowest BCUT2D eigenvalue weighted by Gasteiger charge is -2.19. The monoisotopic (exact) mass is 237 g/mol. The SMILES string of the molecule is CNC(C)CC(C)Oc1cccc(COC)c1. The topological polar surface area (TPSA) is 30.5 Å². The molecule has 0 amide bonds. The first kappa shape index (κ1) is 14.0. The molecule has 1 N–H and O–H groups in total. The quantitative estimate of drug-likeness (QED) is 0.790. The molecule has 1 aromatic carbocycles. The second-order valence-corrected chi connectivity index (χ2v) is 4.43. The minimum atomic E-state index is 0.204. The van der Waals surface area contributed by atoms with Gasteiger partial charge in [-0.15, -0.1) is 0 Å². The summed E-state index contributed by atoms with van der Waals surface area (Å²) in [6, 6.07) is 8.52. The Kier molecular flexibility index (Phi) is 6.01. The highest BCUT2D eigenvalue weighted by atomic mass is 16.5. The van der Waals surface area contributed by atoms with Gasteiger partial charge < -0.3 is 14.8 Å². The number of hydrogen-bond donors (Lipinski definition) is 1. The predicted molar refractivity (Wildman–Crippen MR) is 70.4 cm³/mol. The summed E-state index contributed by atoms with van der Waals surface area (Å²) in [6.45, 7) is 4.87. The van der Waals surface area contributed by atoms with Crippen LogP contribution in [-0.4, -0.2) is 26.3 Å². The molecule has 0 aliphatic heterocycles. The van der Waals surface area contributed by atoms with Gasteiger partial charge in [0.2, 0.25) is 0 Å². The van der Waals surface area contributed by atoms with Gasteiger partial charge in [-0.2, -0.15) is 0 Å². The highest BCUT2D eigenvalue weighted by Crippen LogP contribution is 2.16. The Morgan fingerprint density at radius 1 is 1.29 bits per heavy atom. The van der Waals surface area contributed by atoms with Gasteiger partial charge in [0.05, 0.1) is 12.7 Å². The molecular formula is C14H23NO2. The van der Waals surface area contributed by atoms with Crippen molar-refractivity contribution in [3.8, 4) is 5.75 Å². The number of hydrogen-bond acceptors (Lipinski definition) is 3. The molecule has 0 spiro atoms. The molecule has 17 heavy (non-hydrogen) atoms. The molecule has 3 heteroatoms. The molecule has 2 atom stereocenters. The number of benzene rings is 1. The lowest BCUT2D eigenvalue weighted by atomic mass is 10.1. The summed E-state index contributed by atoms with van der Waals surface area (Å²) in [4.78, 5) is 0. The van der Waals surface area contributed by atoms with Crippen LogP contribution in [0.2, 0.25) is 0 Å². The van der Waals surface area contributed by atoms with Crippen LogP contribution in [0, 0.1) is 0 Å². The van der Waals surface area contributed by atoms with E-state index in [-0.39, 0.29) is 6.10 Å². The molecular weight excluding hydrogens is 214 g/mol. The Balaban J connectivity index is 2.52. The number of methoxy groups -OCH3 is 1. The van der Waals surface area contributed by atoms with Crippen LogP contribution in [0.15, 0.2) is 24.3 Å². The number of nitrogens with one attached hydrogen (secondary N) is 1. The molecule has 2 unspecified atom stereocenters. The van der Waals surface area contributed by atoms with E-state index in [2.05, 4.69) is 19.2 Å². The lowest BCUT2D eigenvalue weighted by molar-refractivity contribution is 0.181. The van der Waals surface area contributed by atoms with Crippen LogP contribution in [0.3, 0.4) is 0 Å². The third-order valence-corrected chi connectivity index (χ3v) is 2.72. The molecule has 1 rings (SSSR count). The van der Waals surface area contributed by atoms with Crippen molar-refractivity contribution in [2.45, 2.75) is 39.0 Å². The summed E-state index contributed by atoms with van der Waals surface area (Å²) in [7, 11) is 3.67. The molecule has 0 aliphatic rings. The summed E-state index contributed by atoms with van der Waals surface area (Å²) in [6.07, 6.45) is 1.20. The van der Waals surface area contributed by atoms with Crippen LogP contribution in [0.25, 0.3) is 0 Å². The largest absolute Gasteiger partial charge is 0.491 e. The fourth-order valence-corrected chi connectivity index (χ4v) is 1.77. The van der Waals surface area contributed by atoms with Gasteiger partial charge in [-0.25, -0.2) is 0 Å². The molecule has 1 aromatic rings. The van der Waals surface area contributed by atoms with E-state index in [1.807, 2.05) is 31.3 Å². The van der Waals surface area contributed by atoms with Crippen LogP contribution in [0.5, 0.6) is 5.75 Å². The molecule has 0 aromatic heterocycles. The van der Waals surface area contributed by atoms with Gasteiger partial charge in [0.1, 0.15) is 5.75 Å². The zero-order valence-corrected chi connectivity index (χ0v) is 11.2. The van der Waals surface area contributed by atoms with Gasteiger partial charge in [-0.1, -0.05) is 12.1 Å². The molecule has 0 saturated carbocycles. The zero-order valence-electron chi connectivity index (χ0n) is 11.2. The van der Waals surface area contributed by atoms with Gasteiger partial charge in [0.15, 0.2) is 0 Å². The van der Waals surface area contributed by atoms with Crippen LogP contribution in [0.1, 0.15) is 25.8 Å². The van der Waals surface area contributed by atoms with Crippen molar-refractivity contribution in [1.82, 2.24) is 5.32 Å². The Bertz CT molecular complexity index is 328. The fourth-order valence-electron chi connectivity index (χ4n) is 1.77. The predicted octanol–water partition coefficient (Wildman–Crippen LogP) is 2.60. The van der Waals surface area contributed by atoms with E-state index in [0.29, 0.717) is 12.6 Å². The summed E-state index contributed by atoms with van der Waals surface area (Å²) in [5.74, 6) is 0.912. The van der Waals surface area contributed by atoms with Crippen molar-refractivity contribution in [2.24, 2.45) is 0 Å². The molecule has 0 heterocycles. The normalized spacial score (nSPS) is 14.4. The van der Waals surface area contributed by atoms with Crippen molar-refractivity contribution in [2.75, 3.05) is 14.2 Å². The van der Waals surface area contributed by atoms with Gasteiger partial charge in [0.25, 0.3) is 0 Å². The summed E-state index contributed by atoms with van der Waals surface area (Å²) in [5, 5.41) is 3.21. The van der Waals surface area contributed by atoms with E-state index in [0.717, 1.165) is 17.7 Å². The Morgan fingerprint density at radius 3 is 2.71 bits per heavy atom. The summed E-state index contributed by atoms with van der Waals surface area (Å²) in [5.41, 5.74) is 1.14. The Morgan fingerprint density at radius 2 is 2.06 bits per heavy atom. The number of ether oxygens (including phenoxy) is 2. The van der Waals surface area contributed by atoms with Crippen molar-refractivity contribution in [3.05, 3.63) is 29.8 Å². The van der Waals surface area contributed by atoms with E-state index in [1.54, 1.807) is 7.11 Å². The molecule has 96 valence electrons. The van der Waals surface area contributed by atoms with Crippen LogP contribution >= 0.6 is 0 Å². The standard InChI is InChI=1S/C14H23NO2/c1-11(15-3)8-12(2)17-14-7-5-6-13(9-14)10-16-4/h5-7,9,11-12,15H,8,10H2,1-4H3. The van der Waals surface area contributed by atoms with Gasteiger partial charge in [0, 0.05) is 13.2 Å². The maximum Gasteiger partial charge on any atom is 0.120 e. The summed E-state index contributed by atoms with van der Waals surface area (Å²) < 4.78 is 11.0. The van der Waals surface area contributed by atoms with E-state index in [4.69, 9.17) is 9.47 Å². The van der Waals surface area contributed by atoms with E-state index in [1.165, 1.54) is 0 Å². The average Bonchev–Trinajstić information content (AvgIpc) is 2.29. The highest BCUT2D eigenvalue weighted by molar-refractivity contribution is 5.28. The first-order valence-corrected chi connectivity index (χ1v) is 6.07. The molecule has 0 radical (unpaired) electrons. The van der Waals surface area contributed by atoms with Crippen LogP contribution in [0.4, 0.5) is 0 Å². The van der Waals surface area contributed by atoms with E-state index in [9.17, 15) is 0 Å². The molecule has 3 nitrogen and oxygen atoms in total. The average molecular weight is 237 g/mol. The minimum Gasteiger partial charge on any atom is -0.491 e. The van der Waals surface area contributed by atoms with Gasteiger partial charge in [-0.05, 0) is 45.0 Å². The van der Waals surface area contributed by atoms with E-state index < -0.39 is 0 Å². The molecule has 0 fully saturated rings. The molecule has 0 aliphatic carbocycles. The summed E-state index contributed by atoms with van der Waals surface area (Å²) >= 11 is 0. The van der Waals surface area contributed by atoms with Crippen molar-refractivity contribution < 1.29 is 9.47 Å². The van der Waals surface area contributed by atoms with Crippen LogP contribution < -0.4 is 10.1 Å². The van der Waals surface area contributed by atoms with Gasteiger partial charge >= 0.3 is 0 Å². The Labute approximate surface area is 104 Å². The van der Waals surface area contributed by atoms with Crippen LogP contribution in [-0.2, 0) is 11.3 Å². The first-order chi connectivity index (χ1) is 8.15. The van der Waals surface area contributed by atoms with Crippen molar-refractivity contribution in [3.63, 3.8) is 0 Å². The zero-order chi connectivity index (χ0) is 12.7. The Hall–Kier alpha value is -1.06. The smallest absolute Gasteiger partial charge is 0.120 e. The van der Waals surface area contributed by atoms with Gasteiger partial charge in [-0.3, -0.25) is 0 Å². The van der Waals surface area contributed by atoms with E-state index >= 15 is 0 Å².